The molecule has 0 unspecified atom stereocenters. The first kappa shape index (κ1) is 20.3. The fourth-order valence-corrected chi connectivity index (χ4v) is 2.95. The van der Waals surface area contributed by atoms with Crippen LogP contribution in [0.2, 0.25) is 0 Å². The molecule has 2 aromatic carbocycles. The Kier molecular flexibility index (Phi) is 7.47. The Morgan fingerprint density at radius 1 is 1.15 bits per heavy atom. The third-order valence-corrected chi connectivity index (χ3v) is 4.84. The number of hydrazone groups is 1. The van der Waals surface area contributed by atoms with E-state index in [2.05, 4.69) is 42.4 Å². The van der Waals surface area contributed by atoms with Crippen LogP contribution in [-0.2, 0) is 4.79 Å². The summed E-state index contributed by atoms with van der Waals surface area (Å²) in [5, 5.41) is 3.93. The molecule has 1 amide bonds. The van der Waals surface area contributed by atoms with Crippen molar-refractivity contribution >= 4 is 44.0 Å². The number of hydrogen-bond acceptors (Lipinski definition) is 5. The Morgan fingerprint density at radius 3 is 2.58 bits per heavy atom. The second-order valence-electron chi connectivity index (χ2n) is 5.23. The number of ether oxygens (including phenoxy) is 3. The minimum absolute atomic E-state index is 0.131. The minimum Gasteiger partial charge on any atom is -0.493 e. The number of carbonyl (C=O) groups excluding carboxylic acids is 1. The Morgan fingerprint density at radius 2 is 1.92 bits per heavy atom. The molecule has 6 nitrogen and oxygen atoms in total. The number of hydrogen-bond donors (Lipinski definition) is 1. The van der Waals surface area contributed by atoms with E-state index in [-0.39, 0.29) is 12.5 Å². The maximum absolute atomic E-state index is 11.8. The Balaban J connectivity index is 1.92. The van der Waals surface area contributed by atoms with Crippen molar-refractivity contribution < 1.29 is 19.0 Å². The summed E-state index contributed by atoms with van der Waals surface area (Å²) >= 11 is 6.82. The van der Waals surface area contributed by atoms with Crippen molar-refractivity contribution in [1.82, 2.24) is 5.43 Å². The molecule has 8 heteroatoms. The molecule has 0 saturated heterocycles. The summed E-state index contributed by atoms with van der Waals surface area (Å²) in [4.78, 5) is 11.8. The van der Waals surface area contributed by atoms with Gasteiger partial charge >= 0.3 is 0 Å². The predicted octanol–water partition coefficient (Wildman–Crippen LogP) is 4.07. The molecular formula is C18H18Br2N2O4. The van der Waals surface area contributed by atoms with E-state index in [0.717, 1.165) is 20.1 Å². The largest absolute Gasteiger partial charge is 0.493 e. The van der Waals surface area contributed by atoms with Crippen LogP contribution in [0, 0.1) is 6.92 Å². The summed E-state index contributed by atoms with van der Waals surface area (Å²) in [5.41, 5.74) is 4.18. The molecular weight excluding hydrogens is 468 g/mol. The zero-order valence-electron chi connectivity index (χ0n) is 14.5. The highest BCUT2D eigenvalue weighted by molar-refractivity contribution is 9.10. The second kappa shape index (κ2) is 9.59. The molecule has 0 aliphatic heterocycles. The van der Waals surface area contributed by atoms with Gasteiger partial charge in [-0.15, -0.1) is 0 Å². The SMILES string of the molecule is COc1cc(/C=N/NC(=O)COc2ccc(Br)c(C)c2)cc(Br)c1OC. The predicted molar refractivity (Wildman–Crippen MR) is 107 cm³/mol. The molecule has 0 heterocycles. The Labute approximate surface area is 168 Å². The molecule has 0 radical (unpaired) electrons. The van der Waals surface area contributed by atoms with Crippen LogP contribution in [0.4, 0.5) is 0 Å². The highest BCUT2D eigenvalue weighted by atomic mass is 79.9. The average molecular weight is 486 g/mol. The minimum atomic E-state index is -0.360. The fraction of sp³-hybridized carbons (Fsp3) is 0.222. The lowest BCUT2D eigenvalue weighted by atomic mass is 10.2. The summed E-state index contributed by atoms with van der Waals surface area (Å²) in [6.45, 7) is 1.82. The first-order chi connectivity index (χ1) is 12.4. The van der Waals surface area contributed by atoms with E-state index in [1.807, 2.05) is 19.1 Å². The van der Waals surface area contributed by atoms with E-state index in [1.54, 1.807) is 32.4 Å². The summed E-state index contributed by atoms with van der Waals surface area (Å²) < 4.78 is 17.7. The first-order valence-electron chi connectivity index (χ1n) is 7.57. The lowest BCUT2D eigenvalue weighted by Crippen LogP contribution is -2.24. The van der Waals surface area contributed by atoms with Gasteiger partial charge in [-0.05, 0) is 64.3 Å². The van der Waals surface area contributed by atoms with E-state index >= 15 is 0 Å². The highest BCUT2D eigenvalue weighted by Gasteiger charge is 2.09. The summed E-state index contributed by atoms with van der Waals surface area (Å²) in [6, 6.07) is 9.06. The van der Waals surface area contributed by atoms with Gasteiger partial charge in [0.2, 0.25) is 0 Å². The fourth-order valence-electron chi connectivity index (χ4n) is 2.08. The van der Waals surface area contributed by atoms with Gasteiger partial charge in [0, 0.05) is 4.47 Å². The molecule has 0 aliphatic rings. The first-order valence-corrected chi connectivity index (χ1v) is 9.15. The van der Waals surface area contributed by atoms with Gasteiger partial charge in [-0.1, -0.05) is 15.9 Å². The normalized spacial score (nSPS) is 10.7. The van der Waals surface area contributed by atoms with Crippen LogP contribution < -0.4 is 19.6 Å². The molecule has 0 fully saturated rings. The lowest BCUT2D eigenvalue weighted by molar-refractivity contribution is -0.123. The molecule has 138 valence electrons. The van der Waals surface area contributed by atoms with Crippen molar-refractivity contribution in [3.8, 4) is 17.2 Å². The van der Waals surface area contributed by atoms with E-state index in [1.165, 1.54) is 6.21 Å². The summed E-state index contributed by atoms with van der Waals surface area (Å²) in [6.07, 6.45) is 1.51. The van der Waals surface area contributed by atoms with Crippen molar-refractivity contribution in [2.75, 3.05) is 20.8 Å². The zero-order valence-corrected chi connectivity index (χ0v) is 17.7. The number of carbonyl (C=O) groups is 1. The summed E-state index contributed by atoms with van der Waals surface area (Å²) in [5.74, 6) is 1.41. The van der Waals surface area contributed by atoms with Crippen LogP contribution in [0.3, 0.4) is 0 Å². The molecule has 2 aromatic rings. The van der Waals surface area contributed by atoms with Crippen molar-refractivity contribution in [3.05, 3.63) is 50.4 Å². The van der Waals surface area contributed by atoms with Crippen LogP contribution in [0.1, 0.15) is 11.1 Å². The number of methoxy groups -OCH3 is 2. The van der Waals surface area contributed by atoms with Crippen LogP contribution in [-0.4, -0.2) is 32.9 Å². The number of aryl methyl sites for hydroxylation is 1. The van der Waals surface area contributed by atoms with E-state index in [0.29, 0.717) is 17.2 Å². The summed E-state index contributed by atoms with van der Waals surface area (Å²) in [7, 11) is 3.11. The molecule has 1 N–H and O–H groups in total. The smallest absolute Gasteiger partial charge is 0.277 e. The van der Waals surface area contributed by atoms with Crippen molar-refractivity contribution in [1.29, 1.82) is 0 Å². The van der Waals surface area contributed by atoms with Gasteiger partial charge in [-0.25, -0.2) is 5.43 Å². The number of halogens is 2. The van der Waals surface area contributed by atoms with Crippen LogP contribution in [0.25, 0.3) is 0 Å². The third-order valence-electron chi connectivity index (χ3n) is 3.36. The van der Waals surface area contributed by atoms with Gasteiger partial charge in [0.05, 0.1) is 24.9 Å². The van der Waals surface area contributed by atoms with Gasteiger partial charge < -0.3 is 14.2 Å². The van der Waals surface area contributed by atoms with Crippen molar-refractivity contribution in [2.45, 2.75) is 6.92 Å². The molecule has 0 spiro atoms. The Bertz CT molecular complexity index is 825. The molecule has 0 bridgehead atoms. The van der Waals surface area contributed by atoms with E-state index in [9.17, 15) is 4.79 Å². The van der Waals surface area contributed by atoms with E-state index < -0.39 is 0 Å². The van der Waals surface area contributed by atoms with Crippen LogP contribution >= 0.6 is 31.9 Å². The number of amides is 1. The van der Waals surface area contributed by atoms with E-state index in [4.69, 9.17) is 14.2 Å². The van der Waals surface area contributed by atoms with Gasteiger partial charge in [-0.3, -0.25) is 4.79 Å². The highest BCUT2D eigenvalue weighted by Crippen LogP contribution is 2.35. The monoisotopic (exact) mass is 484 g/mol. The quantitative estimate of drug-likeness (QED) is 0.474. The van der Waals surface area contributed by atoms with Gasteiger partial charge in [-0.2, -0.15) is 5.10 Å². The maximum Gasteiger partial charge on any atom is 0.277 e. The van der Waals surface area contributed by atoms with Crippen LogP contribution in [0.5, 0.6) is 17.2 Å². The van der Waals surface area contributed by atoms with Crippen molar-refractivity contribution in [2.24, 2.45) is 5.10 Å². The topological polar surface area (TPSA) is 69.2 Å². The molecule has 26 heavy (non-hydrogen) atoms. The molecule has 0 atom stereocenters. The molecule has 2 rings (SSSR count). The maximum atomic E-state index is 11.8. The third kappa shape index (κ3) is 5.47. The number of rotatable bonds is 7. The van der Waals surface area contributed by atoms with Gasteiger partial charge in [0.25, 0.3) is 5.91 Å². The Hall–Kier alpha value is -2.06. The van der Waals surface area contributed by atoms with Crippen LogP contribution in [0.15, 0.2) is 44.4 Å². The number of nitrogens with zero attached hydrogens (tertiary/aromatic N) is 1. The molecule has 0 aromatic heterocycles. The molecule has 0 saturated carbocycles. The number of nitrogens with one attached hydrogen (secondary N) is 1. The average Bonchev–Trinajstić information content (AvgIpc) is 2.62. The van der Waals surface area contributed by atoms with Crippen molar-refractivity contribution in [3.63, 3.8) is 0 Å². The van der Waals surface area contributed by atoms with Gasteiger partial charge in [0.1, 0.15) is 5.75 Å². The molecule has 0 aliphatic carbocycles. The zero-order chi connectivity index (χ0) is 19.1. The number of benzene rings is 2. The standard InChI is InChI=1S/C18H18Br2N2O4/c1-11-6-13(4-5-14(11)19)26-10-17(23)22-21-9-12-7-15(20)18(25-3)16(8-12)24-2/h4-9H,10H2,1-3H3,(H,22,23)/b21-9+. The van der Waals surface area contributed by atoms with Gasteiger partial charge in [0.15, 0.2) is 18.1 Å². The lowest BCUT2D eigenvalue weighted by Gasteiger charge is -2.10. The second-order valence-corrected chi connectivity index (χ2v) is 6.94.